The predicted molar refractivity (Wildman–Crippen MR) is 63.2 cm³/mol. The van der Waals surface area contributed by atoms with Crippen LogP contribution in [0.25, 0.3) is 0 Å². The van der Waals surface area contributed by atoms with Crippen LogP contribution in [0.4, 0.5) is 0 Å². The molecule has 1 N–H and O–H groups in total. The molecule has 0 saturated heterocycles. The number of aryl methyl sites for hydroxylation is 1. The first-order valence-corrected chi connectivity index (χ1v) is 5.50. The minimum Gasteiger partial charge on any atom is -0.491 e. The number of hydrogen-bond donors (Lipinski definition) is 1. The summed E-state index contributed by atoms with van der Waals surface area (Å²) >= 11 is 0. The second-order valence-corrected chi connectivity index (χ2v) is 4.04. The Kier molecular flexibility index (Phi) is 4.69. The largest absolute Gasteiger partial charge is 0.491 e. The molecule has 0 heterocycles. The number of carbonyl (C=O) groups is 2. The van der Waals surface area contributed by atoms with Crippen molar-refractivity contribution in [2.45, 2.75) is 32.8 Å². The lowest BCUT2D eigenvalue weighted by atomic mass is 10.1. The number of ether oxygens (including phenoxy) is 1. The molecule has 1 aromatic carbocycles. The molecule has 0 fully saturated rings. The van der Waals surface area contributed by atoms with Crippen molar-refractivity contribution in [1.29, 1.82) is 0 Å². The molecule has 0 amide bonds. The SMILES string of the molecule is CC(C)Oc1cccc(CCC(=O)C(=O)O)c1. The number of hydrogen-bond acceptors (Lipinski definition) is 3. The fourth-order valence-electron chi connectivity index (χ4n) is 1.41. The molecule has 0 aliphatic rings. The number of carboxylic acids is 1. The van der Waals surface area contributed by atoms with Crippen LogP contribution in [0.3, 0.4) is 0 Å². The number of rotatable bonds is 6. The van der Waals surface area contributed by atoms with Gasteiger partial charge in [0.2, 0.25) is 5.78 Å². The van der Waals surface area contributed by atoms with E-state index in [9.17, 15) is 9.59 Å². The van der Waals surface area contributed by atoms with Crippen LogP contribution in [0, 0.1) is 0 Å². The minimum absolute atomic E-state index is 0.0144. The predicted octanol–water partition coefficient (Wildman–Crippen LogP) is 2.06. The molecule has 0 aliphatic carbocycles. The van der Waals surface area contributed by atoms with E-state index in [2.05, 4.69) is 0 Å². The van der Waals surface area contributed by atoms with E-state index in [1.807, 2.05) is 38.1 Å². The Hall–Kier alpha value is -1.84. The maximum Gasteiger partial charge on any atom is 0.372 e. The lowest BCUT2D eigenvalue weighted by molar-refractivity contribution is -0.149. The number of aliphatic carboxylic acids is 1. The van der Waals surface area contributed by atoms with Crippen molar-refractivity contribution >= 4 is 11.8 Å². The topological polar surface area (TPSA) is 63.6 Å². The molecule has 4 heteroatoms. The number of benzene rings is 1. The molecule has 0 saturated carbocycles. The van der Waals surface area contributed by atoms with Gasteiger partial charge in [-0.1, -0.05) is 12.1 Å². The molecule has 0 radical (unpaired) electrons. The van der Waals surface area contributed by atoms with Gasteiger partial charge in [0.15, 0.2) is 0 Å². The lowest BCUT2D eigenvalue weighted by Crippen LogP contribution is -2.13. The molecular formula is C13H16O4. The molecule has 0 atom stereocenters. The van der Waals surface area contributed by atoms with Crippen molar-refractivity contribution in [2.75, 3.05) is 0 Å². The lowest BCUT2D eigenvalue weighted by Gasteiger charge is -2.10. The van der Waals surface area contributed by atoms with Gasteiger partial charge in [0.25, 0.3) is 0 Å². The molecule has 0 bridgehead atoms. The van der Waals surface area contributed by atoms with Gasteiger partial charge in [-0.2, -0.15) is 0 Å². The molecule has 0 spiro atoms. The molecule has 92 valence electrons. The summed E-state index contributed by atoms with van der Waals surface area (Å²) < 4.78 is 5.51. The third kappa shape index (κ3) is 4.68. The van der Waals surface area contributed by atoms with Crippen LogP contribution in [-0.2, 0) is 16.0 Å². The molecule has 1 aromatic rings. The van der Waals surface area contributed by atoms with Gasteiger partial charge in [0, 0.05) is 6.42 Å². The van der Waals surface area contributed by atoms with E-state index in [-0.39, 0.29) is 12.5 Å². The third-order valence-electron chi connectivity index (χ3n) is 2.15. The normalized spacial score (nSPS) is 10.3. The number of Topliss-reactive ketones (excluding diaryl/α,β-unsaturated/α-hetero) is 1. The second-order valence-electron chi connectivity index (χ2n) is 4.04. The molecule has 0 aromatic heterocycles. The van der Waals surface area contributed by atoms with Crippen molar-refractivity contribution < 1.29 is 19.4 Å². The number of ketones is 1. The van der Waals surface area contributed by atoms with Crippen LogP contribution >= 0.6 is 0 Å². The number of carbonyl (C=O) groups excluding carboxylic acids is 1. The highest BCUT2D eigenvalue weighted by Gasteiger charge is 2.11. The van der Waals surface area contributed by atoms with Gasteiger partial charge in [0.1, 0.15) is 5.75 Å². The zero-order valence-electron chi connectivity index (χ0n) is 9.97. The van der Waals surface area contributed by atoms with Gasteiger partial charge >= 0.3 is 5.97 Å². The molecule has 0 aliphatic heterocycles. The van der Waals surface area contributed by atoms with E-state index in [0.29, 0.717) is 6.42 Å². The first-order valence-electron chi connectivity index (χ1n) is 5.50. The Balaban J connectivity index is 2.60. The van der Waals surface area contributed by atoms with Gasteiger partial charge in [-0.25, -0.2) is 4.79 Å². The fourth-order valence-corrected chi connectivity index (χ4v) is 1.41. The average Bonchev–Trinajstić information content (AvgIpc) is 2.25. The van der Waals surface area contributed by atoms with Crippen LogP contribution in [0.1, 0.15) is 25.8 Å². The van der Waals surface area contributed by atoms with Gasteiger partial charge in [-0.3, -0.25) is 4.79 Å². The molecule has 0 unspecified atom stereocenters. The first-order chi connectivity index (χ1) is 7.99. The quantitative estimate of drug-likeness (QED) is 0.768. The van der Waals surface area contributed by atoms with Gasteiger partial charge in [0.05, 0.1) is 6.10 Å². The summed E-state index contributed by atoms with van der Waals surface area (Å²) in [6.45, 7) is 3.86. The summed E-state index contributed by atoms with van der Waals surface area (Å²) in [5.41, 5.74) is 0.901. The standard InChI is InChI=1S/C13H16O4/c1-9(2)17-11-5-3-4-10(8-11)6-7-12(14)13(15)16/h3-5,8-9H,6-7H2,1-2H3,(H,15,16). The van der Waals surface area contributed by atoms with Crippen LogP contribution in [-0.4, -0.2) is 23.0 Å². The Morgan fingerprint density at radius 2 is 2.06 bits per heavy atom. The summed E-state index contributed by atoms with van der Waals surface area (Å²) in [6, 6.07) is 7.35. The highest BCUT2D eigenvalue weighted by Crippen LogP contribution is 2.16. The van der Waals surface area contributed by atoms with Crippen molar-refractivity contribution in [3.05, 3.63) is 29.8 Å². The van der Waals surface area contributed by atoms with Crippen LogP contribution in [0.15, 0.2) is 24.3 Å². The van der Waals surface area contributed by atoms with Gasteiger partial charge in [-0.05, 0) is 38.0 Å². The first kappa shape index (κ1) is 13.2. The molecule has 1 rings (SSSR count). The van der Waals surface area contributed by atoms with Gasteiger partial charge < -0.3 is 9.84 Å². The van der Waals surface area contributed by atoms with E-state index in [1.165, 1.54) is 0 Å². The molecule has 17 heavy (non-hydrogen) atoms. The van der Waals surface area contributed by atoms with Crippen molar-refractivity contribution in [1.82, 2.24) is 0 Å². The van der Waals surface area contributed by atoms with E-state index in [4.69, 9.17) is 9.84 Å². The highest BCUT2D eigenvalue weighted by atomic mass is 16.5. The second kappa shape index (κ2) is 6.03. The van der Waals surface area contributed by atoms with E-state index >= 15 is 0 Å². The van der Waals surface area contributed by atoms with Crippen molar-refractivity contribution in [3.63, 3.8) is 0 Å². The van der Waals surface area contributed by atoms with Crippen LogP contribution < -0.4 is 4.74 Å². The number of carboxylic acid groups (broad SMARTS) is 1. The maximum atomic E-state index is 10.9. The van der Waals surface area contributed by atoms with Crippen molar-refractivity contribution in [3.8, 4) is 5.75 Å². The Morgan fingerprint density at radius 3 is 2.65 bits per heavy atom. The highest BCUT2D eigenvalue weighted by molar-refractivity contribution is 6.32. The molecular weight excluding hydrogens is 220 g/mol. The van der Waals surface area contributed by atoms with Crippen LogP contribution in [0.5, 0.6) is 5.75 Å². The van der Waals surface area contributed by atoms with Crippen LogP contribution in [0.2, 0.25) is 0 Å². The minimum atomic E-state index is -1.38. The average molecular weight is 236 g/mol. The summed E-state index contributed by atoms with van der Waals surface area (Å²) in [5, 5.41) is 8.46. The maximum absolute atomic E-state index is 10.9. The Bertz CT molecular complexity index is 410. The fraction of sp³-hybridized carbons (Fsp3) is 0.385. The summed E-state index contributed by atoms with van der Waals surface area (Å²) in [4.78, 5) is 21.3. The van der Waals surface area contributed by atoms with E-state index < -0.39 is 11.8 Å². The summed E-state index contributed by atoms with van der Waals surface area (Å²) in [5.74, 6) is -1.40. The monoisotopic (exact) mass is 236 g/mol. The third-order valence-corrected chi connectivity index (χ3v) is 2.15. The van der Waals surface area contributed by atoms with E-state index in [1.54, 1.807) is 0 Å². The smallest absolute Gasteiger partial charge is 0.372 e. The Morgan fingerprint density at radius 1 is 1.35 bits per heavy atom. The van der Waals surface area contributed by atoms with Crippen molar-refractivity contribution in [2.24, 2.45) is 0 Å². The summed E-state index contributed by atoms with van der Waals surface area (Å²) in [6.07, 6.45) is 0.520. The molecule has 4 nitrogen and oxygen atoms in total. The zero-order chi connectivity index (χ0) is 12.8. The Labute approximate surface area is 100 Å². The van der Waals surface area contributed by atoms with E-state index in [0.717, 1.165) is 11.3 Å². The zero-order valence-corrected chi connectivity index (χ0v) is 9.97. The summed E-state index contributed by atoms with van der Waals surface area (Å²) in [7, 11) is 0. The van der Waals surface area contributed by atoms with Gasteiger partial charge in [-0.15, -0.1) is 0 Å².